The molecule has 0 aliphatic heterocycles. The molecule has 0 atom stereocenters. The van der Waals surface area contributed by atoms with Crippen LogP contribution in [0.4, 0.5) is 0 Å². The summed E-state index contributed by atoms with van der Waals surface area (Å²) >= 11 is 3.50. The Morgan fingerprint density at radius 1 is 0.341 bits per heavy atom. The lowest BCUT2D eigenvalue weighted by atomic mass is 9.85. The molecule has 2 heterocycles. The minimum Gasteiger partial charge on any atom is -0.236 e. The van der Waals surface area contributed by atoms with Crippen LogP contribution in [0.1, 0.15) is 0 Å². The van der Waals surface area contributed by atoms with Gasteiger partial charge in [0.2, 0.25) is 0 Å². The van der Waals surface area contributed by atoms with Gasteiger partial charge in [-0.25, -0.2) is 9.97 Å². The van der Waals surface area contributed by atoms with Crippen LogP contribution in [-0.2, 0) is 0 Å². The average Bonchev–Trinajstić information content (AvgIpc) is 3.72. The second-order valence-electron chi connectivity index (χ2n) is 11.0. The van der Waals surface area contributed by atoms with Gasteiger partial charge >= 0.3 is 0 Å². The van der Waals surface area contributed by atoms with Crippen molar-refractivity contribution < 1.29 is 0 Å². The van der Waals surface area contributed by atoms with Gasteiger partial charge < -0.3 is 0 Å². The van der Waals surface area contributed by atoms with Gasteiger partial charge in [0.05, 0.1) is 20.4 Å². The predicted octanol–water partition coefficient (Wildman–Crippen LogP) is 11.9. The lowest BCUT2D eigenvalue weighted by Gasteiger charge is -2.19. The number of aromatic nitrogens is 2. The molecule has 0 N–H and O–H groups in total. The molecule has 44 heavy (non-hydrogen) atoms. The molecule has 0 aliphatic carbocycles. The molecule has 0 fully saturated rings. The monoisotopic (exact) mass is 596 g/mol. The molecular weight excluding hydrogens is 573 g/mol. The predicted molar refractivity (Wildman–Crippen MR) is 190 cm³/mol. The van der Waals surface area contributed by atoms with Gasteiger partial charge in [-0.15, -0.1) is 22.7 Å². The van der Waals surface area contributed by atoms with Gasteiger partial charge in [0.25, 0.3) is 0 Å². The molecule has 206 valence electrons. The van der Waals surface area contributed by atoms with Crippen molar-refractivity contribution in [3.63, 3.8) is 0 Å². The van der Waals surface area contributed by atoms with E-state index in [-0.39, 0.29) is 0 Å². The van der Waals surface area contributed by atoms with E-state index < -0.39 is 0 Å². The zero-order chi connectivity index (χ0) is 29.0. The van der Waals surface area contributed by atoms with E-state index >= 15 is 0 Å². The second kappa shape index (κ2) is 10.2. The number of rotatable bonds is 4. The van der Waals surface area contributed by atoms with Crippen molar-refractivity contribution in [2.75, 3.05) is 0 Å². The van der Waals surface area contributed by atoms with Gasteiger partial charge in [-0.1, -0.05) is 109 Å². The fourth-order valence-electron chi connectivity index (χ4n) is 6.32. The lowest BCUT2D eigenvalue weighted by Crippen LogP contribution is -1.92. The summed E-state index contributed by atoms with van der Waals surface area (Å²) in [6, 6.07) is 52.1. The van der Waals surface area contributed by atoms with E-state index in [1.165, 1.54) is 53.2 Å². The molecule has 9 aromatic rings. The van der Waals surface area contributed by atoms with Crippen LogP contribution in [0.15, 0.2) is 146 Å². The summed E-state index contributed by atoms with van der Waals surface area (Å²) in [4.78, 5) is 10.0. The third-order valence-corrected chi connectivity index (χ3v) is 10.5. The Bertz CT molecular complexity index is 2250. The number of hydrogen-bond donors (Lipinski definition) is 0. The van der Waals surface area contributed by atoms with Crippen LogP contribution in [0.25, 0.3) is 85.4 Å². The highest BCUT2D eigenvalue weighted by atomic mass is 32.1. The van der Waals surface area contributed by atoms with E-state index in [1.807, 2.05) is 0 Å². The first kappa shape index (κ1) is 25.3. The molecule has 7 aromatic carbocycles. The Labute approximate surface area is 262 Å². The molecule has 9 rings (SSSR count). The highest BCUT2D eigenvalue weighted by Crippen LogP contribution is 2.46. The highest BCUT2D eigenvalue weighted by Gasteiger charge is 2.19. The fourth-order valence-corrected chi connectivity index (χ4v) is 8.24. The summed E-state index contributed by atoms with van der Waals surface area (Å²) in [5.74, 6) is 0. The van der Waals surface area contributed by atoms with Crippen LogP contribution in [0.3, 0.4) is 0 Å². The summed E-state index contributed by atoms with van der Waals surface area (Å²) in [5, 5.41) is 7.00. The van der Waals surface area contributed by atoms with Gasteiger partial charge in [0.1, 0.15) is 10.0 Å². The van der Waals surface area contributed by atoms with Crippen molar-refractivity contribution in [3.05, 3.63) is 146 Å². The van der Waals surface area contributed by atoms with E-state index in [2.05, 4.69) is 146 Å². The molecule has 2 nitrogen and oxygen atoms in total. The van der Waals surface area contributed by atoms with Gasteiger partial charge in [-0.3, -0.25) is 0 Å². The van der Waals surface area contributed by atoms with Crippen LogP contribution in [0, 0.1) is 0 Å². The van der Waals surface area contributed by atoms with E-state index in [0.717, 1.165) is 32.2 Å². The van der Waals surface area contributed by atoms with Gasteiger partial charge in [-0.05, 0) is 80.2 Å². The van der Waals surface area contributed by atoms with Gasteiger partial charge in [0.15, 0.2) is 0 Å². The molecule has 0 spiro atoms. The smallest absolute Gasteiger partial charge is 0.124 e. The van der Waals surface area contributed by atoms with Crippen LogP contribution in [-0.4, -0.2) is 9.97 Å². The van der Waals surface area contributed by atoms with E-state index in [1.54, 1.807) is 22.7 Å². The third kappa shape index (κ3) is 4.15. The Morgan fingerprint density at radius 2 is 0.750 bits per heavy atom. The molecule has 0 saturated heterocycles. The van der Waals surface area contributed by atoms with E-state index in [9.17, 15) is 0 Å². The first-order chi connectivity index (χ1) is 21.8. The minimum absolute atomic E-state index is 1.04. The zero-order valence-electron chi connectivity index (χ0n) is 23.6. The Kier molecular flexibility index (Phi) is 5.90. The first-order valence-corrected chi connectivity index (χ1v) is 16.3. The van der Waals surface area contributed by atoms with Crippen molar-refractivity contribution in [2.24, 2.45) is 0 Å². The maximum Gasteiger partial charge on any atom is 0.124 e. The van der Waals surface area contributed by atoms with Crippen LogP contribution in [0.2, 0.25) is 0 Å². The standard InChI is InChI=1S/C40H24N2S2/c1-3-11-25(12-4-1)37-29-21-19-28(40-42-34-16-8-10-18-36(34)44-40)24-32(29)38(26-13-5-2-6-14-26)30-22-20-27(23-31(30)37)39-41-33-15-7-9-17-35(33)43-39/h1-24H. The Hall–Kier alpha value is -5.16. The summed E-state index contributed by atoms with van der Waals surface area (Å²) in [5.41, 5.74) is 9.26. The number of benzene rings is 7. The Balaban J connectivity index is 1.38. The summed E-state index contributed by atoms with van der Waals surface area (Å²) in [7, 11) is 0. The quantitative estimate of drug-likeness (QED) is 0.189. The van der Waals surface area contributed by atoms with E-state index in [4.69, 9.17) is 9.97 Å². The zero-order valence-corrected chi connectivity index (χ0v) is 25.2. The number of thiazole rings is 2. The van der Waals surface area contributed by atoms with Crippen molar-refractivity contribution in [1.29, 1.82) is 0 Å². The van der Waals surface area contributed by atoms with Gasteiger partial charge in [-0.2, -0.15) is 0 Å². The lowest BCUT2D eigenvalue weighted by molar-refractivity contribution is 1.48. The van der Waals surface area contributed by atoms with Crippen molar-refractivity contribution in [2.45, 2.75) is 0 Å². The molecule has 0 saturated carbocycles. The first-order valence-electron chi connectivity index (χ1n) is 14.7. The second-order valence-corrected chi connectivity index (χ2v) is 13.0. The normalized spacial score (nSPS) is 11.6. The number of nitrogens with zero attached hydrogens (tertiary/aromatic N) is 2. The number of fused-ring (bicyclic) bond motifs is 4. The maximum absolute atomic E-state index is 5.01. The van der Waals surface area contributed by atoms with Crippen molar-refractivity contribution in [3.8, 4) is 43.4 Å². The molecule has 2 aromatic heterocycles. The molecule has 0 bridgehead atoms. The van der Waals surface area contributed by atoms with Crippen LogP contribution >= 0.6 is 22.7 Å². The number of para-hydroxylation sites is 2. The van der Waals surface area contributed by atoms with Crippen LogP contribution < -0.4 is 0 Å². The summed E-state index contributed by atoms with van der Waals surface area (Å²) in [6.45, 7) is 0. The molecule has 0 amide bonds. The van der Waals surface area contributed by atoms with Crippen molar-refractivity contribution >= 4 is 64.7 Å². The SMILES string of the molecule is c1ccc(-c2c3ccc(-c4nc5ccccc5s4)cc3c(-c3ccccc3)c3ccc(-c4nc5ccccc5s4)cc23)cc1. The molecule has 0 unspecified atom stereocenters. The Morgan fingerprint density at radius 3 is 1.18 bits per heavy atom. The third-order valence-electron chi connectivity index (χ3n) is 8.32. The molecule has 0 aliphatic rings. The van der Waals surface area contributed by atoms with Gasteiger partial charge in [0, 0.05) is 11.1 Å². The topological polar surface area (TPSA) is 25.8 Å². The molecule has 0 radical (unpaired) electrons. The number of hydrogen-bond acceptors (Lipinski definition) is 4. The summed E-state index contributed by atoms with van der Waals surface area (Å²) < 4.78 is 2.41. The fraction of sp³-hybridized carbons (Fsp3) is 0. The van der Waals surface area contributed by atoms with Crippen molar-refractivity contribution in [1.82, 2.24) is 9.97 Å². The average molecular weight is 597 g/mol. The maximum atomic E-state index is 5.01. The molecular formula is C40H24N2S2. The van der Waals surface area contributed by atoms with Crippen LogP contribution in [0.5, 0.6) is 0 Å². The highest BCUT2D eigenvalue weighted by molar-refractivity contribution is 7.22. The largest absolute Gasteiger partial charge is 0.236 e. The molecule has 4 heteroatoms. The summed E-state index contributed by atoms with van der Waals surface area (Å²) in [6.07, 6.45) is 0. The van der Waals surface area contributed by atoms with E-state index in [0.29, 0.717) is 0 Å². The minimum atomic E-state index is 1.04.